The molecule has 0 amide bonds. The predicted octanol–water partition coefficient (Wildman–Crippen LogP) is 1.60. The number of nitrogens with one attached hydrogen (secondary N) is 1. The number of anilines is 1. The number of hydrogen-bond donors (Lipinski definition) is 2. The molecule has 3 N–H and O–H groups in total. The second kappa shape index (κ2) is 5.57. The van der Waals surface area contributed by atoms with Crippen LogP contribution in [0.1, 0.15) is 29.8 Å². The van der Waals surface area contributed by atoms with Crippen LogP contribution in [0.5, 0.6) is 0 Å². The lowest BCUT2D eigenvalue weighted by atomic mass is 10.0. The minimum Gasteiger partial charge on any atom is -0.384 e. The van der Waals surface area contributed by atoms with Crippen molar-refractivity contribution in [2.75, 3.05) is 25.2 Å². The maximum absolute atomic E-state index is 7.78. The summed E-state index contributed by atoms with van der Waals surface area (Å²) in [4.78, 5) is 6.63. The molecular weight excluding hydrogens is 240 g/mol. The molecule has 2 rings (SSSR count). The molecule has 2 heterocycles. The highest BCUT2D eigenvalue weighted by Gasteiger charge is 2.22. The Labute approximate surface area is 114 Å². The summed E-state index contributed by atoms with van der Waals surface area (Å²) in [6.45, 7) is 5.48. The molecule has 1 aromatic rings. The first-order valence-corrected chi connectivity index (χ1v) is 6.64. The lowest BCUT2D eigenvalue weighted by Crippen LogP contribution is -2.38. The first-order valence-electron chi connectivity index (χ1n) is 6.64. The van der Waals surface area contributed by atoms with Crippen LogP contribution in [0.15, 0.2) is 6.07 Å². The van der Waals surface area contributed by atoms with Crippen LogP contribution < -0.4 is 10.6 Å². The van der Waals surface area contributed by atoms with E-state index in [1.54, 1.807) is 0 Å². The normalized spacial score (nSPS) is 16.4. The summed E-state index contributed by atoms with van der Waals surface area (Å²) in [6, 6.07) is 2.45. The highest BCUT2D eigenvalue weighted by atomic mass is 16.5. The quantitative estimate of drug-likeness (QED) is 0.641. The molecule has 5 heteroatoms. The van der Waals surface area contributed by atoms with Crippen LogP contribution in [-0.2, 0) is 4.74 Å². The third kappa shape index (κ3) is 2.87. The summed E-state index contributed by atoms with van der Waals surface area (Å²) in [6.07, 6.45) is 2.02. The van der Waals surface area contributed by atoms with Crippen molar-refractivity contribution in [2.24, 2.45) is 5.73 Å². The van der Waals surface area contributed by atoms with Gasteiger partial charge in [0.1, 0.15) is 5.84 Å². The third-order valence-corrected chi connectivity index (χ3v) is 3.70. The van der Waals surface area contributed by atoms with Gasteiger partial charge in [-0.15, -0.1) is 0 Å². The van der Waals surface area contributed by atoms with Crippen molar-refractivity contribution in [3.8, 4) is 0 Å². The minimum absolute atomic E-state index is 0.0823. The average Bonchev–Trinajstić information content (AvgIpc) is 2.37. The Hall–Kier alpha value is -1.62. The largest absolute Gasteiger partial charge is 0.384 e. The van der Waals surface area contributed by atoms with Gasteiger partial charge in [0.05, 0.1) is 16.9 Å². The van der Waals surface area contributed by atoms with Crippen LogP contribution in [0.2, 0.25) is 0 Å². The molecule has 0 saturated carbocycles. The molecule has 5 nitrogen and oxygen atoms in total. The van der Waals surface area contributed by atoms with Crippen LogP contribution in [0.3, 0.4) is 0 Å². The van der Waals surface area contributed by atoms with Crippen molar-refractivity contribution in [1.29, 1.82) is 5.41 Å². The van der Waals surface area contributed by atoms with Crippen molar-refractivity contribution in [3.63, 3.8) is 0 Å². The van der Waals surface area contributed by atoms with Gasteiger partial charge in [0.2, 0.25) is 0 Å². The van der Waals surface area contributed by atoms with Gasteiger partial charge in [-0.3, -0.25) is 10.4 Å². The highest BCUT2D eigenvalue weighted by molar-refractivity contribution is 6.01. The Bertz CT molecular complexity index is 481. The molecule has 0 atom stereocenters. The van der Waals surface area contributed by atoms with Gasteiger partial charge in [0.15, 0.2) is 0 Å². The van der Waals surface area contributed by atoms with Crippen molar-refractivity contribution in [3.05, 3.63) is 23.0 Å². The van der Waals surface area contributed by atoms with Crippen molar-refractivity contribution in [1.82, 2.24) is 4.98 Å². The molecule has 1 aromatic heterocycles. The predicted molar refractivity (Wildman–Crippen MR) is 77.0 cm³/mol. The summed E-state index contributed by atoms with van der Waals surface area (Å²) < 4.78 is 5.40. The standard InChI is InChI=1S/C14H22N4O/c1-9-8-12(13(14(15)16)10(2)17-9)18(3)11-4-6-19-7-5-11/h8,11H,4-7H2,1-3H3,(H3,15,16). The van der Waals surface area contributed by atoms with Gasteiger partial charge in [-0.05, 0) is 32.8 Å². The van der Waals surface area contributed by atoms with Crippen LogP contribution in [0.4, 0.5) is 5.69 Å². The second-order valence-corrected chi connectivity index (χ2v) is 5.11. The Morgan fingerprint density at radius 1 is 1.42 bits per heavy atom. The van der Waals surface area contributed by atoms with Gasteiger partial charge < -0.3 is 15.4 Å². The molecule has 1 aliphatic rings. The topological polar surface area (TPSA) is 75.2 Å². The number of amidine groups is 1. The number of nitrogen functional groups attached to an aromatic ring is 1. The van der Waals surface area contributed by atoms with E-state index >= 15 is 0 Å². The minimum atomic E-state index is 0.0823. The number of ether oxygens (including phenoxy) is 1. The molecule has 0 aromatic carbocycles. The summed E-state index contributed by atoms with van der Waals surface area (Å²) in [7, 11) is 2.07. The van der Waals surface area contributed by atoms with Gasteiger partial charge in [0, 0.05) is 32.0 Å². The molecule has 0 unspecified atom stereocenters. The number of nitrogens with zero attached hydrogens (tertiary/aromatic N) is 2. The van der Waals surface area contributed by atoms with E-state index in [0.717, 1.165) is 48.7 Å². The summed E-state index contributed by atoms with van der Waals surface area (Å²) in [5.41, 5.74) is 9.25. The summed E-state index contributed by atoms with van der Waals surface area (Å²) in [5, 5.41) is 7.78. The molecule has 0 spiro atoms. The fourth-order valence-corrected chi connectivity index (χ4v) is 2.69. The average molecular weight is 262 g/mol. The number of aromatic nitrogens is 1. The lowest BCUT2D eigenvalue weighted by Gasteiger charge is -2.34. The van der Waals surface area contributed by atoms with E-state index < -0.39 is 0 Å². The maximum Gasteiger partial charge on any atom is 0.126 e. The van der Waals surface area contributed by atoms with Gasteiger partial charge in [-0.1, -0.05) is 0 Å². The Morgan fingerprint density at radius 3 is 2.63 bits per heavy atom. The number of hydrogen-bond acceptors (Lipinski definition) is 4. The molecule has 1 saturated heterocycles. The first kappa shape index (κ1) is 13.8. The van der Waals surface area contributed by atoms with Crippen molar-refractivity contribution in [2.45, 2.75) is 32.7 Å². The Morgan fingerprint density at radius 2 is 2.05 bits per heavy atom. The number of nitrogens with two attached hydrogens (primary N) is 1. The maximum atomic E-state index is 7.78. The summed E-state index contributed by atoms with van der Waals surface area (Å²) >= 11 is 0. The number of pyridine rings is 1. The van der Waals surface area contributed by atoms with Gasteiger partial charge in [0.25, 0.3) is 0 Å². The van der Waals surface area contributed by atoms with E-state index in [1.807, 2.05) is 19.9 Å². The van der Waals surface area contributed by atoms with E-state index in [4.69, 9.17) is 15.9 Å². The molecular formula is C14H22N4O. The van der Waals surface area contributed by atoms with E-state index in [0.29, 0.717) is 6.04 Å². The molecule has 1 aliphatic heterocycles. The van der Waals surface area contributed by atoms with E-state index in [1.165, 1.54) is 0 Å². The summed E-state index contributed by atoms with van der Waals surface area (Å²) in [5.74, 6) is 0.0823. The number of rotatable bonds is 3. The Kier molecular flexibility index (Phi) is 4.04. The fourth-order valence-electron chi connectivity index (χ4n) is 2.69. The molecule has 104 valence electrons. The molecule has 19 heavy (non-hydrogen) atoms. The smallest absolute Gasteiger partial charge is 0.126 e. The second-order valence-electron chi connectivity index (χ2n) is 5.11. The molecule has 0 bridgehead atoms. The third-order valence-electron chi connectivity index (χ3n) is 3.70. The lowest BCUT2D eigenvalue weighted by molar-refractivity contribution is 0.0855. The fraction of sp³-hybridized carbons (Fsp3) is 0.571. The first-order chi connectivity index (χ1) is 9.00. The van der Waals surface area contributed by atoms with Crippen LogP contribution >= 0.6 is 0 Å². The van der Waals surface area contributed by atoms with Gasteiger partial charge in [-0.2, -0.15) is 0 Å². The molecule has 1 fully saturated rings. The SMILES string of the molecule is Cc1cc(N(C)C2CCOCC2)c(C(=N)N)c(C)n1. The Balaban J connectivity index is 2.39. The van der Waals surface area contributed by atoms with Gasteiger partial charge in [-0.25, -0.2) is 0 Å². The van der Waals surface area contributed by atoms with Crippen LogP contribution in [0, 0.1) is 19.3 Å². The van der Waals surface area contributed by atoms with Crippen LogP contribution in [-0.4, -0.2) is 37.1 Å². The molecule has 0 radical (unpaired) electrons. The van der Waals surface area contributed by atoms with Gasteiger partial charge >= 0.3 is 0 Å². The zero-order valence-corrected chi connectivity index (χ0v) is 11.9. The highest BCUT2D eigenvalue weighted by Crippen LogP contribution is 2.27. The van der Waals surface area contributed by atoms with Crippen molar-refractivity contribution >= 4 is 11.5 Å². The van der Waals surface area contributed by atoms with E-state index in [-0.39, 0.29) is 5.84 Å². The van der Waals surface area contributed by atoms with E-state index in [9.17, 15) is 0 Å². The van der Waals surface area contributed by atoms with Crippen LogP contribution in [0.25, 0.3) is 0 Å². The number of aryl methyl sites for hydroxylation is 2. The van der Waals surface area contributed by atoms with E-state index in [2.05, 4.69) is 16.9 Å². The zero-order chi connectivity index (χ0) is 14.0. The zero-order valence-electron chi connectivity index (χ0n) is 11.9. The van der Waals surface area contributed by atoms with Crippen molar-refractivity contribution < 1.29 is 4.74 Å². The molecule has 0 aliphatic carbocycles. The monoisotopic (exact) mass is 262 g/mol.